The number of fused-ring (bicyclic) bond motifs is 1. The van der Waals surface area contributed by atoms with Crippen LogP contribution in [0.2, 0.25) is 5.02 Å². The molecule has 0 bridgehead atoms. The van der Waals surface area contributed by atoms with Crippen LogP contribution in [0, 0.1) is 5.82 Å². The van der Waals surface area contributed by atoms with Crippen LogP contribution in [0.1, 0.15) is 15.9 Å². The zero-order valence-corrected chi connectivity index (χ0v) is 9.69. The van der Waals surface area contributed by atoms with E-state index < -0.39 is 0 Å². The summed E-state index contributed by atoms with van der Waals surface area (Å²) in [5, 5.41) is 3.37. The van der Waals surface area contributed by atoms with Crippen LogP contribution in [0.15, 0.2) is 12.1 Å². The molecule has 2 rings (SSSR count). The van der Waals surface area contributed by atoms with Crippen molar-refractivity contribution in [3.05, 3.63) is 28.5 Å². The van der Waals surface area contributed by atoms with Gasteiger partial charge < -0.3 is 5.32 Å². The van der Waals surface area contributed by atoms with Crippen LogP contribution < -0.4 is 5.32 Å². The fourth-order valence-electron chi connectivity index (χ4n) is 1.50. The summed E-state index contributed by atoms with van der Waals surface area (Å²) in [5.41, 5.74) is 1.60. The summed E-state index contributed by atoms with van der Waals surface area (Å²) in [4.78, 5) is 0. The summed E-state index contributed by atoms with van der Waals surface area (Å²) in [6, 6.07) is 3.43. The van der Waals surface area contributed by atoms with Crippen LogP contribution in [-0.4, -0.2) is 6.54 Å². The summed E-state index contributed by atoms with van der Waals surface area (Å²) in [7, 11) is 0. The summed E-state index contributed by atoms with van der Waals surface area (Å²) in [6.07, 6.45) is 0.949. The van der Waals surface area contributed by atoms with Crippen molar-refractivity contribution in [2.45, 2.75) is 10.3 Å². The Morgan fingerprint density at radius 3 is 3.08 bits per heavy atom. The van der Waals surface area contributed by atoms with Gasteiger partial charge in [0.05, 0.1) is 5.02 Å². The van der Waals surface area contributed by atoms with Crippen LogP contribution in [0.25, 0.3) is 0 Å². The first kappa shape index (κ1) is 9.52. The van der Waals surface area contributed by atoms with Crippen molar-refractivity contribution < 1.29 is 4.39 Å². The Balaban J connectivity index is 2.58. The van der Waals surface area contributed by atoms with Gasteiger partial charge in [0.15, 0.2) is 0 Å². The molecule has 1 N–H and O–H groups in total. The van der Waals surface area contributed by atoms with Crippen LogP contribution >= 0.6 is 34.2 Å². The molecule has 13 heavy (non-hydrogen) atoms. The zero-order chi connectivity index (χ0) is 9.42. The third-order valence-electron chi connectivity index (χ3n) is 2.16. The minimum absolute atomic E-state index is 0.212. The van der Waals surface area contributed by atoms with E-state index in [4.69, 9.17) is 11.6 Å². The molecule has 70 valence electrons. The van der Waals surface area contributed by atoms with E-state index in [0.717, 1.165) is 24.2 Å². The molecule has 0 saturated carbocycles. The molecule has 1 aliphatic heterocycles. The predicted molar refractivity (Wildman–Crippen MR) is 61.3 cm³/mol. The van der Waals surface area contributed by atoms with Crippen LogP contribution in [0.5, 0.6) is 0 Å². The van der Waals surface area contributed by atoms with Crippen molar-refractivity contribution >= 4 is 39.9 Å². The number of anilines is 1. The van der Waals surface area contributed by atoms with Crippen LogP contribution in [-0.2, 0) is 0 Å². The molecule has 0 radical (unpaired) electrons. The second-order valence-electron chi connectivity index (χ2n) is 3.01. The molecule has 1 heterocycles. The molecule has 1 aromatic rings. The first-order chi connectivity index (χ1) is 6.20. The van der Waals surface area contributed by atoms with Gasteiger partial charge in [0.25, 0.3) is 0 Å². The van der Waals surface area contributed by atoms with Crippen molar-refractivity contribution in [2.75, 3.05) is 11.9 Å². The van der Waals surface area contributed by atoms with Gasteiger partial charge in [-0.05, 0) is 18.6 Å². The monoisotopic (exact) mass is 311 g/mol. The molecule has 0 amide bonds. The van der Waals surface area contributed by atoms with Crippen molar-refractivity contribution in [3.63, 3.8) is 0 Å². The van der Waals surface area contributed by atoms with Gasteiger partial charge in [-0.2, -0.15) is 0 Å². The number of benzene rings is 1. The third-order valence-corrected chi connectivity index (χ3v) is 3.70. The number of nitrogens with one attached hydrogen (secondary N) is 1. The van der Waals surface area contributed by atoms with E-state index in [-0.39, 0.29) is 14.8 Å². The highest BCUT2D eigenvalue weighted by atomic mass is 127. The highest BCUT2D eigenvalue weighted by Crippen LogP contribution is 2.39. The maximum absolute atomic E-state index is 13.6. The van der Waals surface area contributed by atoms with E-state index in [1.165, 1.54) is 0 Å². The highest BCUT2D eigenvalue weighted by molar-refractivity contribution is 14.1. The molecule has 1 aromatic carbocycles. The van der Waals surface area contributed by atoms with Crippen molar-refractivity contribution in [2.24, 2.45) is 0 Å². The Hall–Kier alpha value is -0.0300. The first-order valence-corrected chi connectivity index (χ1v) is 5.68. The van der Waals surface area contributed by atoms with Gasteiger partial charge in [-0.3, -0.25) is 0 Å². The van der Waals surface area contributed by atoms with Gasteiger partial charge >= 0.3 is 0 Å². The van der Waals surface area contributed by atoms with E-state index in [2.05, 4.69) is 27.9 Å². The van der Waals surface area contributed by atoms with E-state index >= 15 is 0 Å². The molecule has 0 saturated heterocycles. The molecule has 1 atom stereocenters. The van der Waals surface area contributed by atoms with Gasteiger partial charge in [-0.15, -0.1) is 0 Å². The minimum Gasteiger partial charge on any atom is -0.385 e. The number of hydrogen-bond acceptors (Lipinski definition) is 1. The fraction of sp³-hybridized carbons (Fsp3) is 0.333. The zero-order valence-electron chi connectivity index (χ0n) is 6.78. The number of halogens is 3. The molecule has 0 aliphatic carbocycles. The number of rotatable bonds is 0. The fourth-order valence-corrected chi connectivity index (χ4v) is 2.59. The maximum Gasteiger partial charge on any atom is 0.148 e. The van der Waals surface area contributed by atoms with Crippen LogP contribution in [0.4, 0.5) is 10.1 Å². The SMILES string of the molecule is Fc1c(Cl)ccc2c1C(I)CCN2. The smallest absolute Gasteiger partial charge is 0.148 e. The molecule has 1 unspecified atom stereocenters. The lowest BCUT2D eigenvalue weighted by Crippen LogP contribution is -2.14. The van der Waals surface area contributed by atoms with Crippen molar-refractivity contribution in [3.8, 4) is 0 Å². The second-order valence-corrected chi connectivity index (χ2v) is 4.92. The normalized spacial score (nSPS) is 20.7. The molecule has 0 spiro atoms. The first-order valence-electron chi connectivity index (χ1n) is 4.06. The standard InChI is InChI=1S/C9H8ClFIN/c10-5-1-2-7-8(9(5)11)6(12)3-4-13-7/h1-2,6,13H,3-4H2. The van der Waals surface area contributed by atoms with E-state index in [1.807, 2.05) is 6.07 Å². The van der Waals surface area contributed by atoms with Crippen molar-refractivity contribution in [1.82, 2.24) is 0 Å². The minimum atomic E-state index is -0.272. The Bertz CT molecular complexity index is 343. The summed E-state index contributed by atoms with van der Waals surface area (Å²) in [6.45, 7) is 0.904. The van der Waals surface area contributed by atoms with E-state index in [0.29, 0.717) is 0 Å². The molecule has 0 fully saturated rings. The Morgan fingerprint density at radius 1 is 1.54 bits per heavy atom. The lowest BCUT2D eigenvalue weighted by molar-refractivity contribution is 0.603. The summed E-state index contributed by atoms with van der Waals surface area (Å²) >= 11 is 7.96. The molecule has 1 nitrogen and oxygen atoms in total. The van der Waals surface area contributed by atoms with Crippen LogP contribution in [0.3, 0.4) is 0 Å². The summed E-state index contributed by atoms with van der Waals surface area (Å²) in [5.74, 6) is -0.272. The maximum atomic E-state index is 13.6. The van der Waals surface area contributed by atoms with Gasteiger partial charge in [0.2, 0.25) is 0 Å². The lowest BCUT2D eigenvalue weighted by Gasteiger charge is -2.23. The average Bonchev–Trinajstić information content (AvgIpc) is 2.12. The molecular weight excluding hydrogens is 303 g/mol. The van der Waals surface area contributed by atoms with Gasteiger partial charge in [0.1, 0.15) is 5.82 Å². The van der Waals surface area contributed by atoms with Gasteiger partial charge in [0, 0.05) is 21.7 Å². The third kappa shape index (κ3) is 1.64. The average molecular weight is 312 g/mol. The Morgan fingerprint density at radius 2 is 2.31 bits per heavy atom. The number of alkyl halides is 1. The van der Waals surface area contributed by atoms with Crippen molar-refractivity contribution in [1.29, 1.82) is 0 Å². The molecule has 4 heteroatoms. The molecule has 1 aliphatic rings. The Labute approximate surface area is 94.8 Å². The number of hydrogen-bond donors (Lipinski definition) is 1. The highest BCUT2D eigenvalue weighted by Gasteiger charge is 2.22. The van der Waals surface area contributed by atoms with Gasteiger partial charge in [-0.1, -0.05) is 34.2 Å². The topological polar surface area (TPSA) is 12.0 Å². The molecule has 0 aromatic heterocycles. The molecular formula is C9H8ClFIN. The largest absolute Gasteiger partial charge is 0.385 e. The Kier molecular flexibility index (Phi) is 2.65. The van der Waals surface area contributed by atoms with E-state index in [1.54, 1.807) is 6.07 Å². The predicted octanol–water partition coefficient (Wildman–Crippen LogP) is 3.77. The lowest BCUT2D eigenvalue weighted by atomic mass is 10.0. The van der Waals surface area contributed by atoms with Gasteiger partial charge in [-0.25, -0.2) is 4.39 Å². The quantitative estimate of drug-likeness (QED) is 0.568. The summed E-state index contributed by atoms with van der Waals surface area (Å²) < 4.78 is 13.8. The second kappa shape index (κ2) is 3.61. The van der Waals surface area contributed by atoms with E-state index in [9.17, 15) is 4.39 Å².